The normalized spacial score (nSPS) is 17.9. The van der Waals surface area contributed by atoms with Crippen LogP contribution in [0.25, 0.3) is 11.3 Å². The summed E-state index contributed by atoms with van der Waals surface area (Å²) in [6.45, 7) is 0.953. The molecule has 4 amide bonds. The smallest absolute Gasteiger partial charge is 0.324 e. The van der Waals surface area contributed by atoms with Gasteiger partial charge in [-0.3, -0.25) is 19.2 Å². The number of carbonyl (C=O) groups excluding carboxylic acids is 3. The molecule has 4 rings (SSSR count). The van der Waals surface area contributed by atoms with Gasteiger partial charge >= 0.3 is 6.03 Å². The average Bonchev–Trinajstić information content (AvgIpc) is 3.24. The van der Waals surface area contributed by atoms with Crippen molar-refractivity contribution in [2.45, 2.75) is 18.9 Å². The van der Waals surface area contributed by atoms with Gasteiger partial charge in [0, 0.05) is 31.7 Å². The van der Waals surface area contributed by atoms with E-state index in [0.717, 1.165) is 5.56 Å². The van der Waals surface area contributed by atoms with Crippen molar-refractivity contribution < 1.29 is 18.8 Å². The van der Waals surface area contributed by atoms with E-state index in [0.29, 0.717) is 37.3 Å². The lowest BCUT2D eigenvalue weighted by Gasteiger charge is -2.35. The molecule has 2 fully saturated rings. The minimum atomic E-state index is -0.356. The van der Waals surface area contributed by atoms with Gasteiger partial charge in [0.2, 0.25) is 5.91 Å². The van der Waals surface area contributed by atoms with Gasteiger partial charge in [0.1, 0.15) is 11.5 Å². The molecule has 8 nitrogen and oxygen atoms in total. The van der Waals surface area contributed by atoms with Gasteiger partial charge in [0.15, 0.2) is 0 Å². The highest BCUT2D eigenvalue weighted by Gasteiger charge is 2.37. The van der Waals surface area contributed by atoms with Crippen molar-refractivity contribution in [1.82, 2.24) is 24.9 Å². The van der Waals surface area contributed by atoms with Crippen molar-refractivity contribution >= 4 is 17.8 Å². The topological polar surface area (TPSA) is 87.5 Å². The summed E-state index contributed by atoms with van der Waals surface area (Å²) in [5, 5.41) is 6.89. The number of carbonyl (C=O) groups is 3. The number of urea groups is 1. The van der Waals surface area contributed by atoms with Crippen LogP contribution >= 0.6 is 0 Å². The van der Waals surface area contributed by atoms with Crippen LogP contribution < -0.4 is 5.32 Å². The quantitative estimate of drug-likeness (QED) is 0.809. The van der Waals surface area contributed by atoms with Crippen LogP contribution in [0.4, 0.5) is 9.18 Å². The number of aryl methyl sites for hydroxylation is 1. The largest absolute Gasteiger partial charge is 0.337 e. The van der Waals surface area contributed by atoms with Crippen LogP contribution in [0, 0.1) is 5.82 Å². The Balaban J connectivity index is 1.45. The van der Waals surface area contributed by atoms with Crippen LogP contribution in [0.3, 0.4) is 0 Å². The van der Waals surface area contributed by atoms with E-state index in [4.69, 9.17) is 0 Å². The zero-order chi connectivity index (χ0) is 19.8. The molecule has 2 aromatic rings. The van der Waals surface area contributed by atoms with Gasteiger partial charge in [0.05, 0.1) is 12.2 Å². The summed E-state index contributed by atoms with van der Waals surface area (Å²) in [4.78, 5) is 39.6. The monoisotopic (exact) mass is 385 g/mol. The molecule has 1 aromatic heterocycles. The zero-order valence-corrected chi connectivity index (χ0v) is 15.4. The Morgan fingerprint density at radius 2 is 1.86 bits per heavy atom. The third-order valence-electron chi connectivity index (χ3n) is 5.23. The van der Waals surface area contributed by atoms with Gasteiger partial charge in [-0.15, -0.1) is 0 Å². The first-order valence-electron chi connectivity index (χ1n) is 9.13. The summed E-state index contributed by atoms with van der Waals surface area (Å²) in [5.74, 6) is -0.701. The molecule has 28 heavy (non-hydrogen) atoms. The minimum absolute atomic E-state index is 0.0408. The lowest BCUT2D eigenvalue weighted by atomic mass is 10.0. The number of hydrogen-bond acceptors (Lipinski definition) is 4. The van der Waals surface area contributed by atoms with Crippen LogP contribution in [-0.4, -0.2) is 63.1 Å². The van der Waals surface area contributed by atoms with Crippen LogP contribution in [-0.2, 0) is 11.8 Å². The summed E-state index contributed by atoms with van der Waals surface area (Å²) in [6, 6.07) is 7.10. The first-order chi connectivity index (χ1) is 13.4. The fourth-order valence-electron chi connectivity index (χ4n) is 3.72. The molecule has 3 heterocycles. The fourth-order valence-corrected chi connectivity index (χ4v) is 3.72. The van der Waals surface area contributed by atoms with E-state index in [1.165, 1.54) is 21.7 Å². The standard InChI is InChI=1S/C19H20FN5O3/c1-23-16(10-15(22-23)12-2-4-13(20)5-3-12)18(27)24-8-6-14(7-9-24)25-17(26)11-21-19(25)28/h2-5,10,14H,6-9,11H2,1H3,(H,21,28). The second-order valence-electron chi connectivity index (χ2n) is 6.99. The van der Waals surface area contributed by atoms with Crippen molar-refractivity contribution in [2.75, 3.05) is 19.6 Å². The zero-order valence-electron chi connectivity index (χ0n) is 15.4. The van der Waals surface area contributed by atoms with Gasteiger partial charge in [-0.1, -0.05) is 0 Å². The number of benzene rings is 1. The molecule has 0 bridgehead atoms. The molecule has 9 heteroatoms. The van der Waals surface area contributed by atoms with Crippen molar-refractivity contribution in [3.63, 3.8) is 0 Å². The van der Waals surface area contributed by atoms with E-state index in [2.05, 4.69) is 10.4 Å². The highest BCUT2D eigenvalue weighted by atomic mass is 19.1. The number of likely N-dealkylation sites (tertiary alicyclic amines) is 1. The molecule has 0 atom stereocenters. The van der Waals surface area contributed by atoms with Gasteiger partial charge in [-0.05, 0) is 43.2 Å². The Hall–Kier alpha value is -3.23. The van der Waals surface area contributed by atoms with E-state index in [-0.39, 0.29) is 36.2 Å². The van der Waals surface area contributed by atoms with Crippen LogP contribution in [0.5, 0.6) is 0 Å². The molecule has 1 N–H and O–H groups in total. The van der Waals surface area contributed by atoms with E-state index < -0.39 is 0 Å². The van der Waals surface area contributed by atoms with Crippen molar-refractivity contribution in [3.05, 3.63) is 41.8 Å². The maximum Gasteiger partial charge on any atom is 0.324 e. The first-order valence-corrected chi connectivity index (χ1v) is 9.13. The molecular formula is C19H20FN5O3. The molecule has 0 saturated carbocycles. The van der Waals surface area contributed by atoms with E-state index in [1.807, 2.05) is 0 Å². The van der Waals surface area contributed by atoms with Gasteiger partial charge in [0.25, 0.3) is 5.91 Å². The summed E-state index contributed by atoms with van der Waals surface area (Å²) in [6.07, 6.45) is 1.10. The number of amides is 4. The highest BCUT2D eigenvalue weighted by Crippen LogP contribution is 2.23. The third kappa shape index (κ3) is 3.23. The summed E-state index contributed by atoms with van der Waals surface area (Å²) in [5.41, 5.74) is 1.76. The molecule has 2 aliphatic heterocycles. The number of rotatable bonds is 3. The SMILES string of the molecule is Cn1nc(-c2ccc(F)cc2)cc1C(=O)N1CCC(N2C(=O)CNC2=O)CC1. The first kappa shape index (κ1) is 18.1. The van der Waals surface area contributed by atoms with E-state index in [1.54, 1.807) is 30.1 Å². The fraction of sp³-hybridized carbons (Fsp3) is 0.368. The summed E-state index contributed by atoms with van der Waals surface area (Å²) < 4.78 is 14.6. The Bertz CT molecular complexity index is 916. The molecular weight excluding hydrogens is 365 g/mol. The molecule has 146 valence electrons. The van der Waals surface area contributed by atoms with E-state index >= 15 is 0 Å². The lowest BCUT2D eigenvalue weighted by molar-refractivity contribution is -0.127. The molecule has 2 saturated heterocycles. The third-order valence-corrected chi connectivity index (χ3v) is 5.23. The molecule has 0 radical (unpaired) electrons. The van der Waals surface area contributed by atoms with Gasteiger partial charge in [-0.2, -0.15) is 5.10 Å². The number of nitrogens with zero attached hydrogens (tertiary/aromatic N) is 4. The number of imide groups is 1. The number of hydrogen-bond donors (Lipinski definition) is 1. The molecule has 0 spiro atoms. The van der Waals surface area contributed by atoms with Gasteiger partial charge < -0.3 is 10.2 Å². The summed E-state index contributed by atoms with van der Waals surface area (Å²) >= 11 is 0. The predicted octanol–water partition coefficient (Wildman–Crippen LogP) is 1.38. The maximum absolute atomic E-state index is 13.1. The Morgan fingerprint density at radius 1 is 1.18 bits per heavy atom. The highest BCUT2D eigenvalue weighted by molar-refractivity contribution is 6.02. The van der Waals surface area contributed by atoms with Crippen LogP contribution in [0.15, 0.2) is 30.3 Å². The second-order valence-corrected chi connectivity index (χ2v) is 6.99. The number of halogens is 1. The number of piperidine rings is 1. The number of nitrogens with one attached hydrogen (secondary N) is 1. The molecule has 0 unspecified atom stereocenters. The predicted molar refractivity (Wildman–Crippen MR) is 97.8 cm³/mol. The molecule has 1 aromatic carbocycles. The van der Waals surface area contributed by atoms with Crippen molar-refractivity contribution in [2.24, 2.45) is 7.05 Å². The van der Waals surface area contributed by atoms with Crippen LogP contribution in [0.2, 0.25) is 0 Å². The second kappa shape index (κ2) is 7.06. The summed E-state index contributed by atoms with van der Waals surface area (Å²) in [7, 11) is 1.69. The Morgan fingerprint density at radius 3 is 2.46 bits per heavy atom. The maximum atomic E-state index is 13.1. The lowest BCUT2D eigenvalue weighted by Crippen LogP contribution is -2.49. The number of aromatic nitrogens is 2. The van der Waals surface area contributed by atoms with Gasteiger partial charge in [-0.25, -0.2) is 9.18 Å². The minimum Gasteiger partial charge on any atom is -0.337 e. The molecule has 0 aliphatic carbocycles. The molecule has 2 aliphatic rings. The van der Waals surface area contributed by atoms with E-state index in [9.17, 15) is 18.8 Å². The van der Waals surface area contributed by atoms with Crippen molar-refractivity contribution in [3.8, 4) is 11.3 Å². The van der Waals surface area contributed by atoms with Crippen molar-refractivity contribution in [1.29, 1.82) is 0 Å². The Labute approximate surface area is 160 Å². The Kier molecular flexibility index (Phi) is 4.58. The van der Waals surface area contributed by atoms with Crippen LogP contribution in [0.1, 0.15) is 23.3 Å². The average molecular weight is 385 g/mol.